The number of nitrogens with zero attached hydrogens (tertiary/aromatic N) is 1. The van der Waals surface area contributed by atoms with Gasteiger partial charge in [0.1, 0.15) is 6.07 Å². The molecule has 2 rings (SSSR count). The van der Waals surface area contributed by atoms with E-state index in [1.807, 2.05) is 48.5 Å². The van der Waals surface area contributed by atoms with Gasteiger partial charge in [-0.25, -0.2) is 0 Å². The molecule has 0 N–H and O–H groups in total. The highest BCUT2D eigenvalue weighted by molar-refractivity contribution is 9.10. The summed E-state index contributed by atoms with van der Waals surface area (Å²) >= 11 is 3.38. The molecule has 0 saturated carbocycles. The summed E-state index contributed by atoms with van der Waals surface area (Å²) in [6.45, 7) is 0. The van der Waals surface area contributed by atoms with Crippen LogP contribution < -0.4 is 0 Å². The van der Waals surface area contributed by atoms with Crippen LogP contribution in [-0.4, -0.2) is 0 Å². The third-order valence-corrected chi connectivity index (χ3v) is 2.87. The van der Waals surface area contributed by atoms with Crippen molar-refractivity contribution in [3.63, 3.8) is 0 Å². The van der Waals surface area contributed by atoms with E-state index in [4.69, 9.17) is 5.26 Å². The van der Waals surface area contributed by atoms with Crippen molar-refractivity contribution in [3.05, 3.63) is 58.6 Å². The molecule has 0 unspecified atom stereocenters. The number of rotatable bonds is 1. The van der Waals surface area contributed by atoms with Crippen molar-refractivity contribution in [2.24, 2.45) is 0 Å². The molecule has 0 fully saturated rings. The molecule has 0 saturated heterocycles. The van der Waals surface area contributed by atoms with Gasteiger partial charge in [-0.2, -0.15) is 5.26 Å². The Morgan fingerprint density at radius 2 is 1.67 bits per heavy atom. The molecule has 0 bridgehead atoms. The third-order valence-electron chi connectivity index (χ3n) is 2.21. The minimum absolute atomic E-state index is 0.684. The predicted octanol–water partition coefficient (Wildman–Crippen LogP) is 3.99. The lowest BCUT2D eigenvalue weighted by atomic mass is 10.0. The minimum atomic E-state index is 0.684. The van der Waals surface area contributed by atoms with E-state index < -0.39 is 0 Å². The van der Waals surface area contributed by atoms with Crippen LogP contribution in [0.3, 0.4) is 0 Å². The van der Waals surface area contributed by atoms with E-state index >= 15 is 0 Å². The minimum Gasteiger partial charge on any atom is -0.192 e. The molecule has 0 aromatic heterocycles. The van der Waals surface area contributed by atoms with Crippen LogP contribution in [0, 0.1) is 11.3 Å². The fraction of sp³-hybridized carbons (Fsp3) is 0. The van der Waals surface area contributed by atoms with Crippen LogP contribution >= 0.6 is 15.9 Å². The molecule has 0 aliphatic carbocycles. The van der Waals surface area contributed by atoms with Crippen LogP contribution in [0.25, 0.3) is 11.1 Å². The van der Waals surface area contributed by atoms with Crippen LogP contribution in [0.15, 0.2) is 53.0 Å². The summed E-state index contributed by atoms with van der Waals surface area (Å²) in [7, 11) is 0. The average molecular weight is 258 g/mol. The summed E-state index contributed by atoms with van der Waals surface area (Å²) in [5.74, 6) is 0. The first kappa shape index (κ1) is 9.95. The summed E-state index contributed by atoms with van der Waals surface area (Å²) in [6, 6.07) is 17.9. The van der Waals surface area contributed by atoms with Crippen molar-refractivity contribution >= 4 is 15.9 Å². The van der Waals surface area contributed by atoms with Crippen LogP contribution in [0.2, 0.25) is 0 Å². The van der Waals surface area contributed by atoms with Gasteiger partial charge in [0.2, 0.25) is 0 Å². The summed E-state index contributed by atoms with van der Waals surface area (Å²) in [5.41, 5.74) is 2.71. The van der Waals surface area contributed by atoms with Gasteiger partial charge >= 0.3 is 0 Å². The lowest BCUT2D eigenvalue weighted by Crippen LogP contribution is -1.85. The topological polar surface area (TPSA) is 23.8 Å². The highest BCUT2D eigenvalue weighted by Crippen LogP contribution is 2.28. The van der Waals surface area contributed by atoms with Crippen molar-refractivity contribution in [3.8, 4) is 17.2 Å². The van der Waals surface area contributed by atoms with E-state index in [0.717, 1.165) is 15.6 Å². The molecule has 0 spiro atoms. The number of halogens is 1. The van der Waals surface area contributed by atoms with E-state index in [-0.39, 0.29) is 0 Å². The summed E-state index contributed by atoms with van der Waals surface area (Å²) < 4.78 is 0.839. The Morgan fingerprint density at radius 1 is 0.933 bits per heavy atom. The Morgan fingerprint density at radius 3 is 2.33 bits per heavy atom. The van der Waals surface area contributed by atoms with Gasteiger partial charge in [-0.1, -0.05) is 42.5 Å². The maximum absolute atomic E-state index is 9.08. The van der Waals surface area contributed by atoms with Gasteiger partial charge in [0, 0.05) is 10.0 Å². The summed E-state index contributed by atoms with van der Waals surface area (Å²) in [6.07, 6.45) is 0. The Kier molecular flexibility index (Phi) is 2.84. The zero-order chi connectivity index (χ0) is 10.7. The molecular formula is C13H8BrN. The maximum Gasteiger partial charge on any atom is 0.101 e. The Bertz CT molecular complexity index is 512. The molecule has 2 heteroatoms. The Hall–Kier alpha value is -1.59. The predicted molar refractivity (Wildman–Crippen MR) is 64.3 cm³/mol. The van der Waals surface area contributed by atoms with Gasteiger partial charge < -0.3 is 0 Å². The van der Waals surface area contributed by atoms with Gasteiger partial charge in [-0.15, -0.1) is 0 Å². The monoisotopic (exact) mass is 257 g/mol. The van der Waals surface area contributed by atoms with Gasteiger partial charge in [-0.3, -0.25) is 0 Å². The van der Waals surface area contributed by atoms with Crippen molar-refractivity contribution in [2.75, 3.05) is 0 Å². The van der Waals surface area contributed by atoms with Gasteiger partial charge in [-0.05, 0) is 27.6 Å². The molecule has 15 heavy (non-hydrogen) atoms. The normalized spacial score (nSPS) is 9.60. The quantitative estimate of drug-likeness (QED) is 0.758. The van der Waals surface area contributed by atoms with E-state index in [2.05, 4.69) is 22.0 Å². The summed E-state index contributed by atoms with van der Waals surface area (Å²) in [5, 5.41) is 9.08. The molecular weight excluding hydrogens is 250 g/mol. The number of nitriles is 1. The van der Waals surface area contributed by atoms with Crippen molar-refractivity contribution in [1.82, 2.24) is 0 Å². The molecule has 0 aliphatic rings. The Labute approximate surface area is 97.1 Å². The molecule has 72 valence electrons. The highest BCUT2D eigenvalue weighted by Gasteiger charge is 2.06. The lowest BCUT2D eigenvalue weighted by Gasteiger charge is -2.05. The first-order valence-corrected chi connectivity index (χ1v) is 5.36. The van der Waals surface area contributed by atoms with Crippen LogP contribution in [-0.2, 0) is 0 Å². The lowest BCUT2D eigenvalue weighted by molar-refractivity contribution is 1.46. The Balaban J connectivity index is 2.65. The fourth-order valence-electron chi connectivity index (χ4n) is 1.50. The number of hydrogen-bond acceptors (Lipinski definition) is 1. The zero-order valence-corrected chi connectivity index (χ0v) is 9.53. The first-order chi connectivity index (χ1) is 7.33. The second kappa shape index (κ2) is 4.29. The van der Waals surface area contributed by atoms with Gasteiger partial charge in [0.25, 0.3) is 0 Å². The van der Waals surface area contributed by atoms with Crippen molar-refractivity contribution < 1.29 is 0 Å². The van der Waals surface area contributed by atoms with Crippen molar-refractivity contribution in [1.29, 1.82) is 5.26 Å². The smallest absolute Gasteiger partial charge is 0.101 e. The molecule has 0 radical (unpaired) electrons. The maximum atomic E-state index is 9.08. The van der Waals surface area contributed by atoms with Gasteiger partial charge in [0.05, 0.1) is 5.56 Å². The molecule has 1 nitrogen and oxygen atoms in total. The highest BCUT2D eigenvalue weighted by atomic mass is 79.9. The van der Waals surface area contributed by atoms with E-state index in [1.54, 1.807) is 0 Å². The molecule has 0 aliphatic heterocycles. The van der Waals surface area contributed by atoms with E-state index in [9.17, 15) is 0 Å². The molecule has 0 amide bonds. The van der Waals surface area contributed by atoms with Crippen LogP contribution in [0.4, 0.5) is 0 Å². The molecule has 2 aromatic carbocycles. The fourth-order valence-corrected chi connectivity index (χ4v) is 1.95. The van der Waals surface area contributed by atoms with E-state index in [1.165, 1.54) is 0 Å². The number of benzene rings is 2. The largest absolute Gasteiger partial charge is 0.192 e. The third kappa shape index (κ3) is 1.93. The second-order valence-corrected chi connectivity index (χ2v) is 3.99. The zero-order valence-electron chi connectivity index (χ0n) is 7.94. The first-order valence-electron chi connectivity index (χ1n) is 4.57. The van der Waals surface area contributed by atoms with E-state index in [0.29, 0.717) is 5.56 Å². The van der Waals surface area contributed by atoms with Crippen LogP contribution in [0.1, 0.15) is 5.56 Å². The standard InChI is InChI=1S/C13H8BrN/c14-13-8-4-7-11(12(13)9-15)10-5-2-1-3-6-10/h1-8H. The van der Waals surface area contributed by atoms with Gasteiger partial charge in [0.15, 0.2) is 0 Å². The molecule has 0 heterocycles. The number of hydrogen-bond donors (Lipinski definition) is 0. The second-order valence-electron chi connectivity index (χ2n) is 3.14. The van der Waals surface area contributed by atoms with Crippen LogP contribution in [0.5, 0.6) is 0 Å². The summed E-state index contributed by atoms with van der Waals surface area (Å²) in [4.78, 5) is 0. The molecule has 2 aromatic rings. The SMILES string of the molecule is N#Cc1c(Br)cccc1-c1ccccc1. The molecule has 0 atom stereocenters. The average Bonchev–Trinajstić information content (AvgIpc) is 2.30. The van der Waals surface area contributed by atoms with Crippen molar-refractivity contribution in [2.45, 2.75) is 0 Å².